The van der Waals surface area contributed by atoms with Gasteiger partial charge in [0.25, 0.3) is 0 Å². The number of nitrogens with one attached hydrogen (secondary N) is 1. The number of primary amides is 1. The molecule has 4 fully saturated rings. The van der Waals surface area contributed by atoms with E-state index in [4.69, 9.17) is 44.6 Å². The maximum absolute atomic E-state index is 14.8. The highest BCUT2D eigenvalue weighted by Gasteiger charge is 2.76. The summed E-state index contributed by atoms with van der Waals surface area (Å²) < 4.78 is 40.8. The lowest BCUT2D eigenvalue weighted by molar-refractivity contribution is -0.346. The second-order valence-corrected chi connectivity index (χ2v) is 20.0. The molecule has 5 aliphatic rings. The van der Waals surface area contributed by atoms with Gasteiger partial charge < -0.3 is 65.3 Å². The van der Waals surface area contributed by atoms with Gasteiger partial charge in [0.05, 0.1) is 48.8 Å². The Morgan fingerprint density at radius 2 is 1.64 bits per heavy atom. The van der Waals surface area contributed by atoms with E-state index >= 15 is 0 Å². The van der Waals surface area contributed by atoms with Crippen molar-refractivity contribution in [3.63, 3.8) is 0 Å². The van der Waals surface area contributed by atoms with Crippen LogP contribution in [0.1, 0.15) is 97.9 Å². The summed E-state index contributed by atoms with van der Waals surface area (Å²) in [5, 5.41) is 41.0. The first-order chi connectivity index (χ1) is 31.1. The predicted molar refractivity (Wildman–Crippen MR) is 232 cm³/mol. The number of aliphatic hydroxyl groups excluding tert-OH is 2. The van der Waals surface area contributed by atoms with Crippen molar-refractivity contribution in [3.05, 3.63) is 59.2 Å². The number of hydrogen-bond donors (Lipinski definition) is 6. The van der Waals surface area contributed by atoms with Crippen molar-refractivity contribution in [2.75, 3.05) is 13.2 Å². The van der Waals surface area contributed by atoms with E-state index in [-0.39, 0.29) is 35.3 Å². The van der Waals surface area contributed by atoms with Gasteiger partial charge in [0.1, 0.15) is 29.5 Å². The van der Waals surface area contributed by atoms with Gasteiger partial charge in [-0.15, -0.1) is 0 Å². The third kappa shape index (κ3) is 9.68. The van der Waals surface area contributed by atoms with Gasteiger partial charge in [-0.3, -0.25) is 14.4 Å². The summed E-state index contributed by atoms with van der Waals surface area (Å²) in [5.41, 5.74) is 2.91. The van der Waals surface area contributed by atoms with Gasteiger partial charge in [-0.25, -0.2) is 19.2 Å². The van der Waals surface area contributed by atoms with E-state index in [0.29, 0.717) is 12.8 Å². The molecule has 0 unspecified atom stereocenters. The minimum absolute atomic E-state index is 0.0209. The van der Waals surface area contributed by atoms with Crippen LogP contribution in [0.4, 0.5) is 4.79 Å². The molecule has 67 heavy (non-hydrogen) atoms. The fourth-order valence-corrected chi connectivity index (χ4v) is 10.4. The summed E-state index contributed by atoms with van der Waals surface area (Å²) in [6.45, 7) is 15.4. The predicted octanol–water partition coefficient (Wildman–Crippen LogP) is 1.58. The van der Waals surface area contributed by atoms with Crippen molar-refractivity contribution in [1.82, 2.24) is 5.32 Å². The number of carbonyl (C=O) groups excluding carboxylic acids is 7. The highest BCUT2D eigenvalue weighted by Crippen LogP contribution is 2.66. The monoisotopic (exact) mass is 941 g/mol. The number of amides is 2. The molecule has 4 aliphatic carbocycles. The molecule has 1 aromatic rings. The summed E-state index contributed by atoms with van der Waals surface area (Å²) in [6.07, 6.45) is -10.4. The number of esters is 5. The van der Waals surface area contributed by atoms with Crippen molar-refractivity contribution in [2.24, 2.45) is 34.1 Å². The Kier molecular flexibility index (Phi) is 14.1. The average Bonchev–Trinajstić information content (AvgIpc) is 4.08. The fourth-order valence-electron chi connectivity index (χ4n) is 10.4. The number of aliphatic hydroxyl groups is 3. The molecule has 6 rings (SSSR count). The molecule has 1 heterocycles. The number of fused-ring (bicyclic) bond motifs is 5. The van der Waals surface area contributed by atoms with Gasteiger partial charge in [-0.05, 0) is 75.3 Å². The van der Waals surface area contributed by atoms with Crippen LogP contribution in [0.15, 0.2) is 53.6 Å². The highest BCUT2D eigenvalue weighted by atomic mass is 16.6. The second-order valence-electron chi connectivity index (χ2n) is 20.0. The zero-order valence-electron chi connectivity index (χ0n) is 39.0. The lowest BCUT2D eigenvalue weighted by atomic mass is 9.44. The summed E-state index contributed by atoms with van der Waals surface area (Å²) >= 11 is 0. The molecule has 8 N–H and O–H groups in total. The molecule has 3 saturated carbocycles. The van der Waals surface area contributed by atoms with Gasteiger partial charge in [0, 0.05) is 30.6 Å². The third-order valence-electron chi connectivity index (χ3n) is 14.2. The summed E-state index contributed by atoms with van der Waals surface area (Å²) in [6, 6.07) is 5.22. The Labute approximate surface area is 388 Å². The number of alkyl carbamates (subject to hydrolysis) is 1. The van der Waals surface area contributed by atoms with Gasteiger partial charge in [0.2, 0.25) is 12.0 Å². The number of rotatable bonds is 14. The minimum Gasteiger partial charge on any atom is -0.455 e. The van der Waals surface area contributed by atoms with E-state index in [0.717, 1.165) is 0 Å². The largest absolute Gasteiger partial charge is 0.455 e. The number of hydrogen-bond acceptors (Lipinski definition) is 18. The Balaban J connectivity index is 1.45. The van der Waals surface area contributed by atoms with Crippen molar-refractivity contribution in [1.29, 1.82) is 0 Å². The molecule has 0 radical (unpaired) electrons. The van der Waals surface area contributed by atoms with Crippen LogP contribution in [0.25, 0.3) is 0 Å². The molecule has 20 nitrogen and oxygen atoms in total. The summed E-state index contributed by atoms with van der Waals surface area (Å²) in [7, 11) is 0. The maximum Gasteiger partial charge on any atom is 0.408 e. The van der Waals surface area contributed by atoms with E-state index in [1.54, 1.807) is 66.7 Å². The summed E-state index contributed by atoms with van der Waals surface area (Å²) in [5.74, 6) is -7.99. The SMILES string of the molecule is C=C1[C@H](O)C2=C(C)[C@@H](OC(=O)[C@H](OC(=O)COC(=O)C[C@H](N)C(N)=O)[C@@H](NC(=O)OC(C)(C)C)C3CC3)C[C@@](O)([C@@H](OC(=O)c3ccccc3)[C@@H]3[C@]4(OC(C)=O)CO[C@@H]4C[C@H](O)[C@@]13C)C2(C)C. The van der Waals surface area contributed by atoms with Crippen molar-refractivity contribution < 1.29 is 82.0 Å². The van der Waals surface area contributed by atoms with Gasteiger partial charge >= 0.3 is 35.9 Å². The first-order valence-corrected chi connectivity index (χ1v) is 22.2. The smallest absolute Gasteiger partial charge is 0.408 e. The van der Waals surface area contributed by atoms with Crippen LogP contribution in [0.3, 0.4) is 0 Å². The zero-order chi connectivity index (χ0) is 49.8. The molecule has 0 spiro atoms. The molecule has 2 bridgehead atoms. The van der Waals surface area contributed by atoms with Crippen LogP contribution in [0.2, 0.25) is 0 Å². The van der Waals surface area contributed by atoms with Gasteiger partial charge in [-0.1, -0.05) is 45.5 Å². The standard InChI is InChI=1S/C47H63N3O17/c1-22-28(63-41(58)36(34(25-15-16-25)50-42(59)67-43(4,5)6)64-32(54)20-61-31(53)17-27(48)39(49)56)19-47(60)38(65-40(57)26-13-11-10-12-14-26)37-45(9,23(2)35(55)33(22)44(47,7)8)29(52)18-30-46(37,21-62-30)66-24(3)51/h10-14,25,27-30,34-38,52,55,60H,2,15-21,48H2,1,3-9H3,(H2,49,56)(H,50,59)/t27-,28-,29-,30+,34-,35-,36+,37-,38-,45+,46-,47+/m0/s1. The van der Waals surface area contributed by atoms with E-state index in [9.17, 15) is 48.9 Å². The van der Waals surface area contributed by atoms with Crippen LogP contribution >= 0.6 is 0 Å². The van der Waals surface area contributed by atoms with Crippen molar-refractivity contribution >= 4 is 41.8 Å². The van der Waals surface area contributed by atoms with E-state index in [2.05, 4.69) is 11.9 Å². The Morgan fingerprint density at radius 1 is 1.00 bits per heavy atom. The van der Waals surface area contributed by atoms with Crippen LogP contribution < -0.4 is 16.8 Å². The van der Waals surface area contributed by atoms with Crippen LogP contribution in [0.5, 0.6) is 0 Å². The number of benzene rings is 1. The Morgan fingerprint density at radius 3 is 2.19 bits per heavy atom. The first-order valence-electron chi connectivity index (χ1n) is 22.2. The van der Waals surface area contributed by atoms with E-state index in [1.807, 2.05) is 0 Å². The minimum atomic E-state index is -2.36. The Bertz CT molecular complexity index is 2200. The number of nitrogens with two attached hydrogens (primary N) is 2. The highest BCUT2D eigenvalue weighted by molar-refractivity contribution is 5.89. The Hall–Kier alpha value is -5.41. The average molecular weight is 942 g/mol. The molecule has 0 aromatic heterocycles. The molecule has 1 saturated heterocycles. The van der Waals surface area contributed by atoms with E-state index < -0.39 is 149 Å². The number of carbonyl (C=O) groups is 7. The van der Waals surface area contributed by atoms with Crippen LogP contribution in [0, 0.1) is 22.7 Å². The summed E-state index contributed by atoms with van der Waals surface area (Å²) in [4.78, 5) is 92.5. The molecule has 368 valence electrons. The first kappa shape index (κ1) is 51.0. The van der Waals surface area contributed by atoms with Crippen LogP contribution in [-0.2, 0) is 57.1 Å². The molecular weight excluding hydrogens is 879 g/mol. The quantitative estimate of drug-likeness (QED) is 0.0876. The molecule has 1 aromatic carbocycles. The van der Waals surface area contributed by atoms with Crippen molar-refractivity contribution in [3.8, 4) is 0 Å². The van der Waals surface area contributed by atoms with Crippen LogP contribution in [-0.4, -0.2) is 136 Å². The fraction of sp³-hybridized carbons (Fsp3) is 0.638. The number of ether oxygens (including phenoxy) is 7. The molecular formula is C47H63N3O17. The molecule has 2 amide bonds. The molecule has 12 atom stereocenters. The second kappa shape index (κ2) is 18.6. The maximum atomic E-state index is 14.8. The normalized spacial score (nSPS) is 32.1. The lowest BCUT2D eigenvalue weighted by Crippen LogP contribution is -2.80. The van der Waals surface area contributed by atoms with Crippen molar-refractivity contribution in [2.45, 2.75) is 153 Å². The van der Waals surface area contributed by atoms with E-state index in [1.165, 1.54) is 19.1 Å². The topological polar surface area (TPSA) is 309 Å². The lowest BCUT2D eigenvalue weighted by Gasteiger charge is -2.68. The third-order valence-corrected chi connectivity index (χ3v) is 14.2. The molecule has 20 heteroatoms. The zero-order valence-corrected chi connectivity index (χ0v) is 39.0. The molecule has 1 aliphatic heterocycles. The van der Waals surface area contributed by atoms with Gasteiger partial charge in [0.15, 0.2) is 12.2 Å². The van der Waals surface area contributed by atoms with Gasteiger partial charge in [-0.2, -0.15) is 0 Å².